The summed E-state index contributed by atoms with van der Waals surface area (Å²) in [4.78, 5) is 39.9. The van der Waals surface area contributed by atoms with E-state index in [1.807, 2.05) is 26.0 Å². The van der Waals surface area contributed by atoms with Crippen molar-refractivity contribution in [1.82, 2.24) is 0 Å². The number of rotatable bonds is 3. The van der Waals surface area contributed by atoms with E-state index in [4.69, 9.17) is 11.6 Å². The Hall–Kier alpha value is -2.92. The summed E-state index contributed by atoms with van der Waals surface area (Å²) in [5, 5.41) is 3.41. The molecule has 3 amide bonds. The Kier molecular flexibility index (Phi) is 5.01. The Balaban J connectivity index is 1.61. The standard InChI is InChI=1S/C23H21ClN2O3/c1-13-6-3-9-17-20(13)23(29)26(22(17)28)16-8-4-7-15(12-16)21(27)25-19-11-5-10-18(24)14(19)2/h3-8,10-13,17,20H,9H2,1-2H3,(H,25,27)/t13-,17+,20-/m0/s1. The summed E-state index contributed by atoms with van der Waals surface area (Å²) in [6, 6.07) is 11.9. The van der Waals surface area contributed by atoms with Crippen LogP contribution in [0.5, 0.6) is 0 Å². The molecule has 1 saturated heterocycles. The minimum atomic E-state index is -0.334. The van der Waals surface area contributed by atoms with Crippen molar-refractivity contribution < 1.29 is 14.4 Å². The van der Waals surface area contributed by atoms with Crippen LogP contribution in [0.4, 0.5) is 11.4 Å². The van der Waals surface area contributed by atoms with E-state index in [1.54, 1.807) is 42.5 Å². The van der Waals surface area contributed by atoms with Gasteiger partial charge in [0.2, 0.25) is 11.8 Å². The molecule has 0 bridgehead atoms. The maximum Gasteiger partial charge on any atom is 0.255 e. The van der Waals surface area contributed by atoms with Gasteiger partial charge in [-0.25, -0.2) is 0 Å². The second kappa shape index (κ2) is 7.48. The van der Waals surface area contributed by atoms with Gasteiger partial charge in [-0.05, 0) is 55.2 Å². The molecule has 1 aliphatic heterocycles. The summed E-state index contributed by atoms with van der Waals surface area (Å²) in [7, 11) is 0. The number of carbonyl (C=O) groups excluding carboxylic acids is 3. The van der Waals surface area contributed by atoms with E-state index in [0.717, 1.165) is 5.56 Å². The van der Waals surface area contributed by atoms with Crippen molar-refractivity contribution in [2.45, 2.75) is 20.3 Å². The maximum absolute atomic E-state index is 13.0. The van der Waals surface area contributed by atoms with E-state index in [2.05, 4.69) is 5.32 Å². The van der Waals surface area contributed by atoms with Crippen molar-refractivity contribution in [1.29, 1.82) is 0 Å². The van der Waals surface area contributed by atoms with Gasteiger partial charge in [0.05, 0.1) is 17.5 Å². The fourth-order valence-corrected chi connectivity index (χ4v) is 4.30. The number of hydrogen-bond acceptors (Lipinski definition) is 3. The second-order valence-corrected chi connectivity index (χ2v) is 7.99. The zero-order valence-corrected chi connectivity index (χ0v) is 16.9. The van der Waals surface area contributed by atoms with Crippen LogP contribution in [-0.2, 0) is 9.59 Å². The van der Waals surface area contributed by atoms with Gasteiger partial charge in [-0.15, -0.1) is 0 Å². The van der Waals surface area contributed by atoms with Crippen molar-refractivity contribution in [3.8, 4) is 0 Å². The fourth-order valence-electron chi connectivity index (χ4n) is 4.13. The molecule has 0 spiro atoms. The molecule has 4 rings (SSSR count). The molecule has 2 aromatic carbocycles. The van der Waals surface area contributed by atoms with Gasteiger partial charge in [0.25, 0.3) is 5.91 Å². The van der Waals surface area contributed by atoms with Crippen LogP contribution < -0.4 is 10.2 Å². The number of amides is 3. The van der Waals surface area contributed by atoms with Gasteiger partial charge < -0.3 is 5.32 Å². The first-order valence-corrected chi connectivity index (χ1v) is 9.97. The Bertz CT molecular complexity index is 1050. The molecule has 3 atom stereocenters. The molecule has 0 unspecified atom stereocenters. The summed E-state index contributed by atoms with van der Waals surface area (Å²) >= 11 is 6.12. The molecule has 1 N–H and O–H groups in total. The van der Waals surface area contributed by atoms with Crippen LogP contribution in [-0.4, -0.2) is 17.7 Å². The smallest absolute Gasteiger partial charge is 0.255 e. The third-order valence-electron chi connectivity index (χ3n) is 5.76. The molecule has 0 saturated carbocycles. The van der Waals surface area contributed by atoms with Gasteiger partial charge in [0.1, 0.15) is 0 Å². The number of nitrogens with zero attached hydrogens (tertiary/aromatic N) is 1. The van der Waals surface area contributed by atoms with Crippen LogP contribution in [0.1, 0.15) is 29.3 Å². The van der Waals surface area contributed by atoms with Crippen molar-refractivity contribution in [3.05, 3.63) is 70.8 Å². The quantitative estimate of drug-likeness (QED) is 0.596. The van der Waals surface area contributed by atoms with Gasteiger partial charge in [-0.1, -0.05) is 42.8 Å². The number of anilines is 2. The highest BCUT2D eigenvalue weighted by Crippen LogP contribution is 2.40. The first-order chi connectivity index (χ1) is 13.9. The summed E-state index contributed by atoms with van der Waals surface area (Å²) in [6.07, 6.45) is 4.54. The zero-order chi connectivity index (χ0) is 20.7. The van der Waals surface area contributed by atoms with Crippen LogP contribution in [0.3, 0.4) is 0 Å². The number of hydrogen-bond donors (Lipinski definition) is 1. The maximum atomic E-state index is 13.0. The van der Waals surface area contributed by atoms with E-state index >= 15 is 0 Å². The normalized spacial score (nSPS) is 23.3. The van der Waals surface area contributed by atoms with Gasteiger partial charge >= 0.3 is 0 Å². The summed E-state index contributed by atoms with van der Waals surface area (Å²) in [5.74, 6) is -1.36. The molecule has 148 valence electrons. The molecule has 1 fully saturated rings. The molecular formula is C23H21ClN2O3. The summed E-state index contributed by atoms with van der Waals surface area (Å²) < 4.78 is 0. The van der Waals surface area contributed by atoms with Crippen LogP contribution >= 0.6 is 11.6 Å². The third-order valence-corrected chi connectivity index (χ3v) is 6.16. The number of imide groups is 1. The van der Waals surface area contributed by atoms with Crippen LogP contribution in [0.2, 0.25) is 5.02 Å². The zero-order valence-electron chi connectivity index (χ0n) is 16.2. The Morgan fingerprint density at radius 2 is 1.90 bits per heavy atom. The summed E-state index contributed by atoms with van der Waals surface area (Å²) in [5.41, 5.74) is 2.18. The van der Waals surface area contributed by atoms with Gasteiger partial charge in [-0.2, -0.15) is 0 Å². The van der Waals surface area contributed by atoms with E-state index in [9.17, 15) is 14.4 Å². The first kappa shape index (κ1) is 19.4. The van der Waals surface area contributed by atoms with Gasteiger partial charge in [-0.3, -0.25) is 19.3 Å². The Morgan fingerprint density at radius 3 is 2.66 bits per heavy atom. The second-order valence-electron chi connectivity index (χ2n) is 7.58. The first-order valence-electron chi connectivity index (χ1n) is 9.59. The SMILES string of the molecule is Cc1c(Cl)cccc1NC(=O)c1cccc(N2C(=O)[C@H]3[C@@H](C)C=CC[C@H]3C2=O)c1. The molecule has 2 aromatic rings. The topological polar surface area (TPSA) is 66.5 Å². The minimum absolute atomic E-state index is 0.0208. The van der Waals surface area contributed by atoms with Crippen LogP contribution in [0, 0.1) is 24.7 Å². The van der Waals surface area contributed by atoms with E-state index < -0.39 is 0 Å². The monoisotopic (exact) mass is 408 g/mol. The Labute approximate surface area is 174 Å². The lowest BCUT2D eigenvalue weighted by Gasteiger charge is -2.22. The highest BCUT2D eigenvalue weighted by Gasteiger charge is 2.50. The van der Waals surface area contributed by atoms with Gasteiger partial charge in [0, 0.05) is 16.3 Å². The molecule has 6 heteroatoms. The average molecular weight is 409 g/mol. The van der Waals surface area contributed by atoms with Crippen molar-refractivity contribution >= 4 is 40.7 Å². The molecule has 1 aliphatic carbocycles. The highest BCUT2D eigenvalue weighted by molar-refractivity contribution is 6.31. The molecule has 0 aromatic heterocycles. The third kappa shape index (κ3) is 3.36. The number of allylic oxidation sites excluding steroid dienone is 2. The van der Waals surface area contributed by atoms with Crippen molar-refractivity contribution in [2.75, 3.05) is 10.2 Å². The summed E-state index contributed by atoms with van der Waals surface area (Å²) in [6.45, 7) is 3.78. The fraction of sp³-hybridized carbons (Fsp3) is 0.261. The lowest BCUT2D eigenvalue weighted by Crippen LogP contribution is -2.31. The van der Waals surface area contributed by atoms with Gasteiger partial charge in [0.15, 0.2) is 0 Å². The molecule has 0 radical (unpaired) electrons. The largest absolute Gasteiger partial charge is 0.322 e. The molecule has 1 heterocycles. The van der Waals surface area contributed by atoms with E-state index in [0.29, 0.717) is 28.4 Å². The number of halogens is 1. The highest BCUT2D eigenvalue weighted by atomic mass is 35.5. The predicted molar refractivity (Wildman–Crippen MR) is 113 cm³/mol. The number of fused-ring (bicyclic) bond motifs is 1. The lowest BCUT2D eigenvalue weighted by atomic mass is 9.78. The number of nitrogens with one attached hydrogen (secondary N) is 1. The lowest BCUT2D eigenvalue weighted by molar-refractivity contribution is -0.122. The number of benzene rings is 2. The number of carbonyl (C=O) groups is 3. The van der Waals surface area contributed by atoms with Crippen molar-refractivity contribution in [2.24, 2.45) is 17.8 Å². The van der Waals surface area contributed by atoms with Crippen LogP contribution in [0.15, 0.2) is 54.6 Å². The molecular weight excluding hydrogens is 388 g/mol. The van der Waals surface area contributed by atoms with Crippen LogP contribution in [0.25, 0.3) is 0 Å². The average Bonchev–Trinajstić information content (AvgIpc) is 2.97. The van der Waals surface area contributed by atoms with Crippen molar-refractivity contribution in [3.63, 3.8) is 0 Å². The van der Waals surface area contributed by atoms with E-state index in [1.165, 1.54) is 4.90 Å². The molecule has 2 aliphatic rings. The predicted octanol–water partition coefficient (Wildman–Crippen LogP) is 4.60. The van der Waals surface area contributed by atoms with E-state index in [-0.39, 0.29) is 35.5 Å². The molecule has 29 heavy (non-hydrogen) atoms. The minimum Gasteiger partial charge on any atom is -0.322 e. The Morgan fingerprint density at radius 1 is 1.14 bits per heavy atom. The molecule has 5 nitrogen and oxygen atoms in total.